The predicted molar refractivity (Wildman–Crippen MR) is 130 cm³/mol. The van der Waals surface area contributed by atoms with Crippen molar-refractivity contribution in [2.24, 2.45) is 0 Å². The maximum atomic E-state index is 13.3. The minimum atomic E-state index is -5.59. The van der Waals surface area contributed by atoms with Crippen molar-refractivity contribution in [1.29, 1.82) is 0 Å². The molecule has 4 rings (SSSR count). The molecule has 2 heterocycles. The van der Waals surface area contributed by atoms with Gasteiger partial charge in [-0.1, -0.05) is 18.2 Å². The van der Waals surface area contributed by atoms with Crippen LogP contribution in [-0.2, 0) is 21.1 Å². The molecule has 2 aromatic carbocycles. The molecule has 198 valence electrons. The molecule has 3 N–H and O–H groups in total. The number of anilines is 2. The number of halogens is 3. The number of nitrogens with one attached hydrogen (secondary N) is 3. The van der Waals surface area contributed by atoms with Crippen LogP contribution >= 0.6 is 0 Å². The fourth-order valence-corrected chi connectivity index (χ4v) is 4.56. The van der Waals surface area contributed by atoms with Crippen molar-refractivity contribution in [1.82, 2.24) is 15.7 Å². The summed E-state index contributed by atoms with van der Waals surface area (Å²) in [5.74, 6) is -1.14. The first kappa shape index (κ1) is 26.6. The molecule has 1 unspecified atom stereocenters. The number of carbonyl (C=O) groups excluding carboxylic acids is 3. The van der Waals surface area contributed by atoms with Gasteiger partial charge in [0.15, 0.2) is 0 Å². The molecule has 1 saturated heterocycles. The lowest BCUT2D eigenvalue weighted by atomic mass is 9.92. The monoisotopic (exact) mass is 547 g/mol. The van der Waals surface area contributed by atoms with Gasteiger partial charge in [0.25, 0.3) is 21.7 Å². The number of benzene rings is 2. The van der Waals surface area contributed by atoms with Crippen LogP contribution in [0.2, 0.25) is 0 Å². The van der Waals surface area contributed by atoms with E-state index in [0.29, 0.717) is 28.9 Å². The molecule has 14 heteroatoms. The summed E-state index contributed by atoms with van der Waals surface area (Å²) in [5, 5.41) is 2.57. The van der Waals surface area contributed by atoms with Crippen molar-refractivity contribution in [3.8, 4) is 0 Å². The summed E-state index contributed by atoms with van der Waals surface area (Å²) < 4.78 is 61.7. The number of imide groups is 1. The van der Waals surface area contributed by atoms with Crippen LogP contribution in [0.4, 0.5) is 29.3 Å². The molecule has 4 amide bonds. The first-order chi connectivity index (χ1) is 17.8. The van der Waals surface area contributed by atoms with Gasteiger partial charge >= 0.3 is 11.5 Å². The van der Waals surface area contributed by atoms with Gasteiger partial charge in [0.1, 0.15) is 5.54 Å². The van der Waals surface area contributed by atoms with Gasteiger partial charge in [-0.25, -0.2) is 18.1 Å². The second-order valence-corrected chi connectivity index (χ2v) is 10.4. The van der Waals surface area contributed by atoms with E-state index < -0.39 is 43.6 Å². The molecule has 38 heavy (non-hydrogen) atoms. The Morgan fingerprint density at radius 3 is 2.34 bits per heavy atom. The number of urea groups is 1. The number of pyridine rings is 1. The number of hydrogen-bond acceptors (Lipinski definition) is 7. The first-order valence-electron chi connectivity index (χ1n) is 11.0. The summed E-state index contributed by atoms with van der Waals surface area (Å²) >= 11 is 0. The van der Waals surface area contributed by atoms with E-state index in [0.717, 1.165) is 17.0 Å². The zero-order chi connectivity index (χ0) is 27.7. The fraction of sp³-hybridized carbons (Fsp3) is 0.167. The SMILES string of the molecule is CC1(Cc2ccncc2NNC(=O)c2ccccc2)NC(=O)N(c2ccc(S(=O)(=O)C(F)(F)F)cc2)C1=O. The van der Waals surface area contributed by atoms with Gasteiger partial charge in [-0.2, -0.15) is 13.2 Å². The third-order valence-electron chi connectivity index (χ3n) is 5.77. The van der Waals surface area contributed by atoms with Crippen LogP contribution < -0.4 is 21.1 Å². The molecule has 0 aliphatic carbocycles. The van der Waals surface area contributed by atoms with Crippen molar-refractivity contribution >= 4 is 39.1 Å². The topological polar surface area (TPSA) is 138 Å². The Labute approximate surface area is 214 Å². The van der Waals surface area contributed by atoms with Crippen molar-refractivity contribution in [3.63, 3.8) is 0 Å². The number of sulfone groups is 1. The van der Waals surface area contributed by atoms with Gasteiger partial charge in [0, 0.05) is 18.2 Å². The number of alkyl halides is 3. The maximum absolute atomic E-state index is 13.3. The summed E-state index contributed by atoms with van der Waals surface area (Å²) in [7, 11) is -5.59. The van der Waals surface area contributed by atoms with E-state index in [-0.39, 0.29) is 12.1 Å². The molecular weight excluding hydrogens is 527 g/mol. The van der Waals surface area contributed by atoms with Gasteiger partial charge in [-0.05, 0) is 55.0 Å². The molecule has 0 saturated carbocycles. The first-order valence-corrected chi connectivity index (χ1v) is 12.4. The molecule has 1 aliphatic heterocycles. The van der Waals surface area contributed by atoms with Gasteiger partial charge in [0.2, 0.25) is 0 Å². The van der Waals surface area contributed by atoms with Crippen LogP contribution in [0.15, 0.2) is 78.0 Å². The summed E-state index contributed by atoms with van der Waals surface area (Å²) in [6.07, 6.45) is 2.84. The number of nitrogens with zero attached hydrogens (tertiary/aromatic N) is 2. The maximum Gasteiger partial charge on any atom is 0.501 e. The van der Waals surface area contributed by atoms with Crippen LogP contribution in [0.25, 0.3) is 0 Å². The Bertz CT molecular complexity index is 1500. The van der Waals surface area contributed by atoms with E-state index in [1.807, 2.05) is 0 Å². The summed E-state index contributed by atoms with van der Waals surface area (Å²) in [6, 6.07) is 12.4. The number of amides is 4. The highest BCUT2D eigenvalue weighted by Gasteiger charge is 2.49. The van der Waals surface area contributed by atoms with Crippen LogP contribution in [0.1, 0.15) is 22.8 Å². The second-order valence-electron chi connectivity index (χ2n) is 8.50. The number of aromatic nitrogens is 1. The van der Waals surface area contributed by atoms with E-state index in [1.54, 1.807) is 36.4 Å². The van der Waals surface area contributed by atoms with E-state index >= 15 is 0 Å². The fourth-order valence-electron chi connectivity index (χ4n) is 3.80. The number of hydrogen-bond donors (Lipinski definition) is 3. The van der Waals surface area contributed by atoms with E-state index in [2.05, 4.69) is 21.2 Å². The molecule has 0 spiro atoms. The van der Waals surface area contributed by atoms with Gasteiger partial charge < -0.3 is 5.32 Å². The number of carbonyl (C=O) groups is 3. The smallest absolute Gasteiger partial charge is 0.323 e. The third-order valence-corrected chi connectivity index (χ3v) is 7.28. The molecule has 0 bridgehead atoms. The molecule has 1 aliphatic rings. The standard InChI is InChI=1S/C24H20F3N5O5S/c1-23(13-16-11-12-28-14-19(16)30-31-20(33)15-5-3-2-4-6-15)21(34)32(22(35)29-23)17-7-9-18(10-8-17)38(36,37)24(25,26)27/h2-12,14,30H,13H2,1H3,(H,29,35)(H,31,33). The van der Waals surface area contributed by atoms with Gasteiger partial charge in [-0.3, -0.25) is 25.4 Å². The average molecular weight is 548 g/mol. The Kier molecular flexibility index (Phi) is 6.84. The zero-order valence-electron chi connectivity index (χ0n) is 19.6. The van der Waals surface area contributed by atoms with Gasteiger partial charge in [0.05, 0.1) is 22.5 Å². The van der Waals surface area contributed by atoms with E-state index in [4.69, 9.17) is 0 Å². The number of rotatable bonds is 7. The molecular formula is C24H20F3N5O5S. The Morgan fingerprint density at radius 2 is 1.71 bits per heavy atom. The number of hydrazine groups is 1. The van der Waals surface area contributed by atoms with Crippen molar-refractivity contribution in [2.45, 2.75) is 29.3 Å². The average Bonchev–Trinajstić information content (AvgIpc) is 3.10. The minimum absolute atomic E-state index is 0.0410. The molecule has 1 fully saturated rings. The normalized spacial score (nSPS) is 17.7. The highest BCUT2D eigenvalue weighted by atomic mass is 32.2. The second kappa shape index (κ2) is 9.78. The van der Waals surface area contributed by atoms with Crippen LogP contribution in [-0.4, -0.2) is 42.3 Å². The lowest BCUT2D eigenvalue weighted by Crippen LogP contribution is -2.46. The molecule has 3 aromatic rings. The quantitative estimate of drug-likeness (QED) is 0.305. The summed E-state index contributed by atoms with van der Waals surface area (Å²) in [5.41, 5.74) is -0.516. The Hall–Kier alpha value is -4.46. The Balaban J connectivity index is 1.52. The highest BCUT2D eigenvalue weighted by molar-refractivity contribution is 7.92. The van der Waals surface area contributed by atoms with Crippen LogP contribution in [0.5, 0.6) is 0 Å². The zero-order valence-corrected chi connectivity index (χ0v) is 20.4. The molecule has 0 radical (unpaired) electrons. The van der Waals surface area contributed by atoms with Gasteiger partial charge in [-0.15, -0.1) is 0 Å². The molecule has 1 atom stereocenters. The Morgan fingerprint density at radius 1 is 1.05 bits per heavy atom. The predicted octanol–water partition coefficient (Wildman–Crippen LogP) is 3.19. The van der Waals surface area contributed by atoms with Crippen LogP contribution in [0, 0.1) is 0 Å². The van der Waals surface area contributed by atoms with Crippen LogP contribution in [0.3, 0.4) is 0 Å². The lowest BCUT2D eigenvalue weighted by molar-refractivity contribution is -0.121. The van der Waals surface area contributed by atoms with E-state index in [9.17, 15) is 36.0 Å². The third kappa shape index (κ3) is 5.02. The lowest BCUT2D eigenvalue weighted by Gasteiger charge is -2.23. The summed E-state index contributed by atoms with van der Waals surface area (Å²) in [4.78, 5) is 42.1. The van der Waals surface area contributed by atoms with Crippen molar-refractivity contribution < 1.29 is 36.0 Å². The highest BCUT2D eigenvalue weighted by Crippen LogP contribution is 2.33. The van der Waals surface area contributed by atoms with Crippen molar-refractivity contribution in [3.05, 3.63) is 84.2 Å². The molecule has 1 aromatic heterocycles. The van der Waals surface area contributed by atoms with E-state index in [1.165, 1.54) is 19.3 Å². The minimum Gasteiger partial charge on any atom is -0.323 e. The molecule has 10 nitrogen and oxygen atoms in total. The van der Waals surface area contributed by atoms with Crippen molar-refractivity contribution in [2.75, 3.05) is 10.3 Å². The summed E-state index contributed by atoms with van der Waals surface area (Å²) in [6.45, 7) is 1.46. The largest absolute Gasteiger partial charge is 0.501 e.